The molecule has 1 aromatic heterocycles. The molecule has 0 atom stereocenters. The number of hydrogen-bond acceptors (Lipinski definition) is 2. The van der Waals surface area contributed by atoms with Gasteiger partial charge in [0.25, 0.3) is 0 Å². The average Bonchev–Trinajstić information content (AvgIpc) is 2.49. The van der Waals surface area contributed by atoms with Gasteiger partial charge in [0.15, 0.2) is 0 Å². The SMILES string of the molecule is Cc1cc(CCl)cc(N2CCCC(C)(C)CC2)n1. The highest BCUT2D eigenvalue weighted by Gasteiger charge is 2.23. The molecule has 0 N–H and O–H groups in total. The van der Waals surface area contributed by atoms with E-state index in [1.807, 2.05) is 6.92 Å². The first kappa shape index (κ1) is 13.7. The summed E-state index contributed by atoms with van der Waals surface area (Å²) in [7, 11) is 0. The van der Waals surface area contributed by atoms with Crippen LogP contribution in [0.25, 0.3) is 0 Å². The van der Waals surface area contributed by atoms with Gasteiger partial charge in [0.05, 0.1) is 0 Å². The standard InChI is InChI=1S/C15H23ClN2/c1-12-9-13(11-16)10-14(17-12)18-7-4-5-15(2,3)6-8-18/h9-10H,4-8,11H2,1-3H3. The van der Waals surface area contributed by atoms with Crippen LogP contribution in [0.4, 0.5) is 5.82 Å². The normalized spacial score (nSPS) is 19.7. The van der Waals surface area contributed by atoms with Crippen molar-refractivity contribution in [3.05, 3.63) is 23.4 Å². The molecule has 1 aliphatic heterocycles. The first-order valence-electron chi connectivity index (χ1n) is 6.79. The lowest BCUT2D eigenvalue weighted by Crippen LogP contribution is -2.26. The predicted molar refractivity (Wildman–Crippen MR) is 78.4 cm³/mol. The Kier molecular flexibility index (Phi) is 4.16. The van der Waals surface area contributed by atoms with Crippen molar-refractivity contribution < 1.29 is 0 Å². The zero-order chi connectivity index (χ0) is 13.2. The van der Waals surface area contributed by atoms with Crippen molar-refractivity contribution in [2.24, 2.45) is 5.41 Å². The molecule has 0 spiro atoms. The highest BCUT2D eigenvalue weighted by molar-refractivity contribution is 6.17. The van der Waals surface area contributed by atoms with Gasteiger partial charge in [-0.1, -0.05) is 13.8 Å². The summed E-state index contributed by atoms with van der Waals surface area (Å²) in [4.78, 5) is 7.08. The molecular weight excluding hydrogens is 244 g/mol. The van der Waals surface area contributed by atoms with Gasteiger partial charge in [-0.3, -0.25) is 0 Å². The van der Waals surface area contributed by atoms with Gasteiger partial charge in [-0.25, -0.2) is 4.98 Å². The molecule has 0 unspecified atom stereocenters. The van der Waals surface area contributed by atoms with Crippen LogP contribution in [0.3, 0.4) is 0 Å². The molecule has 0 radical (unpaired) electrons. The molecule has 2 heterocycles. The van der Waals surface area contributed by atoms with Gasteiger partial charge < -0.3 is 4.90 Å². The fourth-order valence-corrected chi connectivity index (χ4v) is 2.77. The molecule has 0 amide bonds. The third-order valence-corrected chi connectivity index (χ3v) is 4.13. The van der Waals surface area contributed by atoms with E-state index in [1.165, 1.54) is 24.8 Å². The van der Waals surface area contributed by atoms with Crippen molar-refractivity contribution in [2.75, 3.05) is 18.0 Å². The third kappa shape index (κ3) is 3.38. The highest BCUT2D eigenvalue weighted by Crippen LogP contribution is 2.31. The Morgan fingerprint density at radius 2 is 2.06 bits per heavy atom. The van der Waals surface area contributed by atoms with E-state index in [-0.39, 0.29) is 0 Å². The summed E-state index contributed by atoms with van der Waals surface area (Å²) in [6.07, 6.45) is 3.79. The first-order chi connectivity index (χ1) is 8.50. The topological polar surface area (TPSA) is 16.1 Å². The second-order valence-corrected chi connectivity index (χ2v) is 6.38. The summed E-state index contributed by atoms with van der Waals surface area (Å²) in [5.74, 6) is 1.67. The molecule has 1 saturated heterocycles. The second kappa shape index (κ2) is 5.48. The summed E-state index contributed by atoms with van der Waals surface area (Å²) in [5.41, 5.74) is 2.70. The molecule has 18 heavy (non-hydrogen) atoms. The van der Waals surface area contributed by atoms with Crippen molar-refractivity contribution in [2.45, 2.75) is 45.9 Å². The average molecular weight is 267 g/mol. The smallest absolute Gasteiger partial charge is 0.129 e. The van der Waals surface area contributed by atoms with Gasteiger partial charge in [-0.15, -0.1) is 11.6 Å². The van der Waals surface area contributed by atoms with Crippen molar-refractivity contribution in [3.8, 4) is 0 Å². The Morgan fingerprint density at radius 1 is 1.28 bits per heavy atom. The molecule has 2 nitrogen and oxygen atoms in total. The van der Waals surface area contributed by atoms with E-state index in [0.29, 0.717) is 11.3 Å². The Bertz CT molecular complexity index is 415. The zero-order valence-electron chi connectivity index (χ0n) is 11.7. The summed E-state index contributed by atoms with van der Waals surface area (Å²) in [6.45, 7) is 8.99. The monoisotopic (exact) mass is 266 g/mol. The van der Waals surface area contributed by atoms with Crippen LogP contribution in [0.5, 0.6) is 0 Å². The summed E-state index contributed by atoms with van der Waals surface area (Å²) in [6, 6.07) is 4.20. The number of rotatable bonds is 2. The van der Waals surface area contributed by atoms with Crippen LogP contribution in [0.15, 0.2) is 12.1 Å². The lowest BCUT2D eigenvalue weighted by atomic mass is 9.85. The van der Waals surface area contributed by atoms with Crippen molar-refractivity contribution in [3.63, 3.8) is 0 Å². The zero-order valence-corrected chi connectivity index (χ0v) is 12.4. The van der Waals surface area contributed by atoms with E-state index in [9.17, 15) is 0 Å². The van der Waals surface area contributed by atoms with E-state index >= 15 is 0 Å². The maximum atomic E-state index is 5.94. The van der Waals surface area contributed by atoms with Gasteiger partial charge in [0, 0.05) is 24.7 Å². The van der Waals surface area contributed by atoms with E-state index in [0.717, 1.165) is 24.6 Å². The maximum Gasteiger partial charge on any atom is 0.129 e. The number of hydrogen-bond donors (Lipinski definition) is 0. The molecule has 2 rings (SSSR count). The van der Waals surface area contributed by atoms with Gasteiger partial charge in [0.1, 0.15) is 5.82 Å². The van der Waals surface area contributed by atoms with Crippen LogP contribution in [0, 0.1) is 12.3 Å². The Balaban J connectivity index is 2.18. The summed E-state index contributed by atoms with van der Waals surface area (Å²) in [5, 5.41) is 0. The summed E-state index contributed by atoms with van der Waals surface area (Å²) < 4.78 is 0. The first-order valence-corrected chi connectivity index (χ1v) is 7.32. The number of halogens is 1. The molecule has 1 fully saturated rings. The molecule has 0 saturated carbocycles. The van der Waals surface area contributed by atoms with Crippen LogP contribution in [-0.2, 0) is 5.88 Å². The van der Waals surface area contributed by atoms with Gasteiger partial charge in [-0.05, 0) is 49.3 Å². The third-order valence-electron chi connectivity index (χ3n) is 3.82. The van der Waals surface area contributed by atoms with Crippen LogP contribution >= 0.6 is 11.6 Å². The van der Waals surface area contributed by atoms with Crippen molar-refractivity contribution >= 4 is 17.4 Å². The quantitative estimate of drug-likeness (QED) is 0.748. The number of aryl methyl sites for hydroxylation is 1. The Morgan fingerprint density at radius 3 is 2.78 bits per heavy atom. The lowest BCUT2D eigenvalue weighted by Gasteiger charge is -2.24. The number of anilines is 1. The van der Waals surface area contributed by atoms with E-state index in [1.54, 1.807) is 0 Å². The number of pyridine rings is 1. The Hall–Kier alpha value is -0.760. The van der Waals surface area contributed by atoms with E-state index in [2.05, 4.69) is 35.9 Å². The largest absolute Gasteiger partial charge is 0.357 e. The fraction of sp³-hybridized carbons (Fsp3) is 0.667. The number of nitrogens with zero attached hydrogens (tertiary/aromatic N) is 2. The molecule has 3 heteroatoms. The second-order valence-electron chi connectivity index (χ2n) is 6.11. The maximum absolute atomic E-state index is 5.94. The Labute approximate surface area is 115 Å². The lowest BCUT2D eigenvalue weighted by molar-refractivity contribution is 0.325. The molecule has 1 aliphatic rings. The minimum absolute atomic E-state index is 0.466. The van der Waals surface area contributed by atoms with Crippen LogP contribution in [-0.4, -0.2) is 18.1 Å². The predicted octanol–water partition coefficient (Wildman–Crippen LogP) is 4.15. The van der Waals surface area contributed by atoms with Crippen molar-refractivity contribution in [1.82, 2.24) is 4.98 Å². The summed E-state index contributed by atoms with van der Waals surface area (Å²) >= 11 is 5.94. The molecular formula is C15H23ClN2. The number of aromatic nitrogens is 1. The van der Waals surface area contributed by atoms with Gasteiger partial charge in [0.2, 0.25) is 0 Å². The van der Waals surface area contributed by atoms with E-state index in [4.69, 9.17) is 11.6 Å². The van der Waals surface area contributed by atoms with Gasteiger partial charge >= 0.3 is 0 Å². The van der Waals surface area contributed by atoms with Crippen LogP contribution < -0.4 is 4.90 Å². The minimum atomic E-state index is 0.466. The van der Waals surface area contributed by atoms with Crippen molar-refractivity contribution in [1.29, 1.82) is 0 Å². The molecule has 0 aromatic carbocycles. The highest BCUT2D eigenvalue weighted by atomic mass is 35.5. The molecule has 0 bridgehead atoms. The minimum Gasteiger partial charge on any atom is -0.357 e. The molecule has 0 aliphatic carbocycles. The van der Waals surface area contributed by atoms with Crippen LogP contribution in [0.1, 0.15) is 44.4 Å². The molecule has 100 valence electrons. The number of alkyl halides is 1. The fourth-order valence-electron chi connectivity index (χ4n) is 2.61. The molecule has 1 aromatic rings. The van der Waals surface area contributed by atoms with Gasteiger partial charge in [-0.2, -0.15) is 0 Å². The van der Waals surface area contributed by atoms with E-state index < -0.39 is 0 Å². The van der Waals surface area contributed by atoms with Crippen LogP contribution in [0.2, 0.25) is 0 Å².